The summed E-state index contributed by atoms with van der Waals surface area (Å²) in [6.07, 6.45) is 1.68. The van der Waals surface area contributed by atoms with Gasteiger partial charge in [0, 0.05) is 26.7 Å². The van der Waals surface area contributed by atoms with Gasteiger partial charge in [0.05, 0.1) is 0 Å². The van der Waals surface area contributed by atoms with Crippen LogP contribution in [-0.4, -0.2) is 11.1 Å². The van der Waals surface area contributed by atoms with Crippen molar-refractivity contribution in [3.8, 4) is 11.3 Å². The highest BCUT2D eigenvalue weighted by Crippen LogP contribution is 2.38. The summed E-state index contributed by atoms with van der Waals surface area (Å²) in [7, 11) is 0. The summed E-state index contributed by atoms with van der Waals surface area (Å²) in [5, 5.41) is 9.49. The van der Waals surface area contributed by atoms with Gasteiger partial charge >= 0.3 is 0 Å². The number of nitrogens with one attached hydrogen (secondary N) is 1. The highest BCUT2D eigenvalue weighted by atomic mass is 35.5. The molecule has 0 saturated carbocycles. The van der Waals surface area contributed by atoms with Crippen molar-refractivity contribution in [1.29, 1.82) is 0 Å². The Bertz CT molecular complexity index is 913. The second-order valence-corrected chi connectivity index (χ2v) is 6.92. The number of fused-ring (bicyclic) bond motifs is 3. The number of anilines is 1. The normalized spacial score (nSPS) is 12.6. The van der Waals surface area contributed by atoms with Gasteiger partial charge in [0.25, 0.3) is 5.91 Å². The molecule has 1 amide bonds. The summed E-state index contributed by atoms with van der Waals surface area (Å²) in [6.45, 7) is 1.92. The molecular weight excluding hydrogens is 332 g/mol. The van der Waals surface area contributed by atoms with E-state index in [1.54, 1.807) is 17.4 Å². The Labute approximate surface area is 142 Å². The van der Waals surface area contributed by atoms with Crippen LogP contribution in [-0.2, 0) is 12.8 Å². The van der Waals surface area contributed by atoms with E-state index in [4.69, 9.17) is 16.1 Å². The molecule has 0 spiro atoms. The van der Waals surface area contributed by atoms with Crippen LogP contribution in [0.4, 0.5) is 5.69 Å². The van der Waals surface area contributed by atoms with Crippen LogP contribution < -0.4 is 5.32 Å². The maximum Gasteiger partial charge on any atom is 0.278 e. The highest BCUT2D eigenvalue weighted by molar-refractivity contribution is 7.10. The lowest BCUT2D eigenvalue weighted by Crippen LogP contribution is -2.15. The largest absolute Gasteiger partial charge is 0.355 e. The summed E-state index contributed by atoms with van der Waals surface area (Å²) >= 11 is 7.81. The van der Waals surface area contributed by atoms with Crippen LogP contribution >= 0.6 is 22.9 Å². The van der Waals surface area contributed by atoms with Crippen molar-refractivity contribution in [3.05, 3.63) is 56.4 Å². The van der Waals surface area contributed by atoms with Crippen LogP contribution in [0.5, 0.6) is 0 Å². The number of amides is 1. The number of thiophene rings is 1. The van der Waals surface area contributed by atoms with Crippen molar-refractivity contribution in [3.63, 3.8) is 0 Å². The monoisotopic (exact) mass is 344 g/mol. The lowest BCUT2D eigenvalue weighted by molar-refractivity contribution is 0.101. The molecule has 23 heavy (non-hydrogen) atoms. The number of halogens is 1. The lowest BCUT2D eigenvalue weighted by atomic mass is 9.95. The third-order valence-electron chi connectivity index (χ3n) is 4.03. The molecule has 1 aromatic carbocycles. The second-order valence-electron chi connectivity index (χ2n) is 5.51. The van der Waals surface area contributed by atoms with Gasteiger partial charge in [-0.25, -0.2) is 0 Å². The molecule has 0 saturated heterocycles. The molecule has 0 bridgehead atoms. The maximum atomic E-state index is 12.5. The third-order valence-corrected chi connectivity index (χ3v) is 5.41. The van der Waals surface area contributed by atoms with Crippen molar-refractivity contribution in [2.24, 2.45) is 0 Å². The summed E-state index contributed by atoms with van der Waals surface area (Å²) < 4.78 is 5.44. The van der Waals surface area contributed by atoms with Crippen LogP contribution in [0.3, 0.4) is 0 Å². The first-order chi connectivity index (χ1) is 11.1. The van der Waals surface area contributed by atoms with Gasteiger partial charge in [0.1, 0.15) is 0 Å². The number of carbonyl (C=O) groups excluding carboxylic acids is 1. The summed E-state index contributed by atoms with van der Waals surface area (Å²) in [5.41, 5.74) is 3.91. The summed E-state index contributed by atoms with van der Waals surface area (Å²) in [6, 6.07) is 7.44. The van der Waals surface area contributed by atoms with Crippen molar-refractivity contribution >= 4 is 34.5 Å². The molecule has 0 unspecified atom stereocenters. The number of rotatable bonds is 2. The molecule has 3 aromatic rings. The third kappa shape index (κ3) is 2.46. The number of hydrogen-bond acceptors (Lipinski definition) is 4. The van der Waals surface area contributed by atoms with Gasteiger partial charge in [-0.2, -0.15) is 0 Å². The predicted octanol–water partition coefficient (Wildman–Crippen LogP) is 4.72. The Hall–Kier alpha value is -2.11. The van der Waals surface area contributed by atoms with Crippen LogP contribution in [0.15, 0.2) is 34.2 Å². The molecule has 0 radical (unpaired) electrons. The second kappa shape index (κ2) is 5.51. The van der Waals surface area contributed by atoms with E-state index in [9.17, 15) is 4.79 Å². The van der Waals surface area contributed by atoms with E-state index in [0.29, 0.717) is 16.4 Å². The zero-order chi connectivity index (χ0) is 16.0. The number of hydrogen-bond donors (Lipinski definition) is 1. The molecule has 1 aliphatic carbocycles. The Morgan fingerprint density at radius 2 is 2.22 bits per heavy atom. The number of carbonyl (C=O) groups is 1. The molecule has 0 atom stereocenters. The minimum Gasteiger partial charge on any atom is -0.355 e. The minimum atomic E-state index is -0.270. The average Bonchev–Trinajstić information content (AvgIpc) is 3.16. The Morgan fingerprint density at radius 3 is 3.04 bits per heavy atom. The molecule has 4 rings (SSSR count). The topological polar surface area (TPSA) is 55.1 Å². The molecule has 6 heteroatoms. The van der Waals surface area contributed by atoms with Gasteiger partial charge in [0.15, 0.2) is 11.5 Å². The highest BCUT2D eigenvalue weighted by Gasteiger charge is 2.28. The number of benzene rings is 1. The SMILES string of the molecule is Cc1ccc(NC(=O)c2noc3c2CCc2sccc2-3)cc1Cl. The zero-order valence-corrected chi connectivity index (χ0v) is 13.9. The van der Waals surface area contributed by atoms with E-state index in [0.717, 1.165) is 35.3 Å². The summed E-state index contributed by atoms with van der Waals surface area (Å²) in [5.74, 6) is 0.452. The lowest BCUT2D eigenvalue weighted by Gasteiger charge is -2.10. The van der Waals surface area contributed by atoms with Gasteiger partial charge in [-0.3, -0.25) is 4.79 Å². The first-order valence-electron chi connectivity index (χ1n) is 7.26. The number of nitrogens with zero attached hydrogens (tertiary/aromatic N) is 1. The molecule has 0 fully saturated rings. The fraction of sp³-hybridized carbons (Fsp3) is 0.176. The van der Waals surface area contributed by atoms with Gasteiger partial charge in [-0.1, -0.05) is 22.8 Å². The zero-order valence-electron chi connectivity index (χ0n) is 12.4. The molecular formula is C17H13ClN2O2S. The van der Waals surface area contributed by atoms with Gasteiger partial charge < -0.3 is 9.84 Å². The van der Waals surface area contributed by atoms with E-state index < -0.39 is 0 Å². The van der Waals surface area contributed by atoms with Crippen LogP contribution in [0, 0.1) is 6.92 Å². The Kier molecular flexibility index (Phi) is 3.47. The van der Waals surface area contributed by atoms with Crippen molar-refractivity contribution in [1.82, 2.24) is 5.16 Å². The smallest absolute Gasteiger partial charge is 0.278 e. The molecule has 2 heterocycles. The Balaban J connectivity index is 1.64. The van der Waals surface area contributed by atoms with Gasteiger partial charge in [-0.15, -0.1) is 11.3 Å². The first kappa shape index (κ1) is 14.5. The predicted molar refractivity (Wildman–Crippen MR) is 91.4 cm³/mol. The van der Waals surface area contributed by atoms with Crippen LogP contribution in [0.25, 0.3) is 11.3 Å². The van der Waals surface area contributed by atoms with Crippen molar-refractivity contribution < 1.29 is 9.32 Å². The summed E-state index contributed by atoms with van der Waals surface area (Å²) in [4.78, 5) is 13.8. The standard InChI is InChI=1S/C17H13ClN2O2S/c1-9-2-3-10(8-13(9)18)19-17(21)15-12-4-5-14-11(6-7-23-14)16(12)22-20-15/h2-3,6-8H,4-5H2,1H3,(H,19,21). The molecule has 1 N–H and O–H groups in total. The fourth-order valence-electron chi connectivity index (χ4n) is 2.77. The van der Waals surface area contributed by atoms with E-state index in [1.165, 1.54) is 4.88 Å². The van der Waals surface area contributed by atoms with Crippen LogP contribution in [0.2, 0.25) is 5.02 Å². The number of aryl methyl sites for hydroxylation is 2. The average molecular weight is 345 g/mol. The van der Waals surface area contributed by atoms with Crippen molar-refractivity contribution in [2.45, 2.75) is 19.8 Å². The van der Waals surface area contributed by atoms with E-state index in [1.807, 2.05) is 30.5 Å². The van der Waals surface area contributed by atoms with Crippen molar-refractivity contribution in [2.75, 3.05) is 5.32 Å². The van der Waals surface area contributed by atoms with E-state index in [2.05, 4.69) is 10.5 Å². The fourth-order valence-corrected chi connectivity index (χ4v) is 3.82. The molecule has 2 aromatic heterocycles. The molecule has 1 aliphatic rings. The van der Waals surface area contributed by atoms with E-state index in [-0.39, 0.29) is 5.91 Å². The maximum absolute atomic E-state index is 12.5. The molecule has 0 aliphatic heterocycles. The minimum absolute atomic E-state index is 0.270. The number of aromatic nitrogens is 1. The van der Waals surface area contributed by atoms with Gasteiger partial charge in [-0.05, 0) is 48.9 Å². The molecule has 116 valence electrons. The van der Waals surface area contributed by atoms with Crippen LogP contribution in [0.1, 0.15) is 26.5 Å². The van der Waals surface area contributed by atoms with Gasteiger partial charge in [0.2, 0.25) is 0 Å². The quantitative estimate of drug-likeness (QED) is 0.732. The Morgan fingerprint density at radius 1 is 1.35 bits per heavy atom. The first-order valence-corrected chi connectivity index (χ1v) is 8.52. The molecule has 4 nitrogen and oxygen atoms in total. The van der Waals surface area contributed by atoms with E-state index >= 15 is 0 Å².